The van der Waals surface area contributed by atoms with Crippen LogP contribution >= 0.6 is 0 Å². The number of allylic oxidation sites excluding steroid dienone is 5. The van der Waals surface area contributed by atoms with E-state index in [2.05, 4.69) is 17.2 Å². The smallest absolute Gasteiger partial charge is 0.726 e. The normalized spacial score (nSPS) is 49.5. The molecule has 9 N–H and O–H groups in total. The van der Waals surface area contributed by atoms with Crippen molar-refractivity contribution < 1.29 is 154 Å². The Morgan fingerprint density at radius 2 is 1.42 bits per heavy atom. The largest absolute Gasteiger partial charge is 1.00 e. The van der Waals surface area contributed by atoms with Crippen LogP contribution in [-0.2, 0) is 76.3 Å². The average molecular weight is 1220 g/mol. The molecule has 466 valence electrons. The molecule has 5 heterocycles. The quantitative estimate of drug-likeness (QED) is 0.0189. The van der Waals surface area contributed by atoms with E-state index in [1.54, 1.807) is 19.1 Å². The molecule has 1 spiro atoms. The van der Waals surface area contributed by atoms with Crippen LogP contribution in [0.4, 0.5) is 0 Å². The van der Waals surface area contributed by atoms with Gasteiger partial charge in [0.2, 0.25) is 10.4 Å². The molecule has 0 aromatic heterocycles. The third kappa shape index (κ3) is 11.3. The fourth-order valence-corrected chi connectivity index (χ4v) is 16.4. The number of cyclic esters (lactones) is 1. The molecule has 0 radical (unpaired) electrons. The average Bonchev–Trinajstić information content (AvgIpc) is 1.73. The van der Waals surface area contributed by atoms with Gasteiger partial charge in [-0.15, -0.1) is 0 Å². The Balaban J connectivity index is 0.00000900. The van der Waals surface area contributed by atoms with Gasteiger partial charge in [-0.3, -0.25) is 13.8 Å². The molecule has 0 unspecified atom stereocenters. The number of hydrogen-bond acceptors (Lipinski definition) is 26. The minimum Gasteiger partial charge on any atom is -0.726 e. The van der Waals surface area contributed by atoms with E-state index in [0.29, 0.717) is 25.7 Å². The van der Waals surface area contributed by atoms with Gasteiger partial charge in [0, 0.05) is 19.4 Å². The van der Waals surface area contributed by atoms with E-state index in [4.69, 9.17) is 52.1 Å². The molecule has 26 nitrogen and oxygen atoms in total. The van der Waals surface area contributed by atoms with Gasteiger partial charge in [0.1, 0.15) is 90.9 Å². The SMILES string of the molecule is CO[C@@H]1[C@@H](O)[C@H](O[C@@H]2[C@@H](O)[C@H](O[C@H]3[C@H](O)[C@@H](O)[C@H](O[C@H]4[C@H](O[C@H]5CC[C@]6(C)[C@H]7CC[C@]89C(=O)O[C@@](C)(/C=C/C=C(C)C)[C@@]8(O)[C@@H](OC(C)=O)C[C@@]9(C)C7=CC[C@H]6C5(C)C)OC[C@@H](OS(=O)(=O)[O-])[C@@H]4O)O[C@@H]3C)OC[C@H]2O)O[C@H](CO)[C@H]1O.[Na+]. The van der Waals surface area contributed by atoms with Crippen LogP contribution in [0, 0.1) is 33.5 Å². The molecular weight excluding hydrogens is 1130 g/mol. The predicted molar refractivity (Wildman–Crippen MR) is 275 cm³/mol. The Morgan fingerprint density at radius 3 is 2.06 bits per heavy atom. The molecule has 8 fully saturated rings. The van der Waals surface area contributed by atoms with E-state index < -0.39 is 198 Å². The minimum atomic E-state index is -5.43. The zero-order valence-electron chi connectivity index (χ0n) is 48.7. The molecule has 28 heteroatoms. The zero-order chi connectivity index (χ0) is 60.2. The van der Waals surface area contributed by atoms with E-state index in [1.165, 1.54) is 21.0 Å². The molecular formula is C55H83NaO26S. The second-order valence-corrected chi connectivity index (χ2v) is 26.3. The van der Waals surface area contributed by atoms with Crippen molar-refractivity contribution in [2.75, 3.05) is 26.9 Å². The first-order valence-corrected chi connectivity index (χ1v) is 29.4. The fraction of sp³-hybridized carbons (Fsp3) is 0.855. The second kappa shape index (κ2) is 24.6. The van der Waals surface area contributed by atoms with Crippen molar-refractivity contribution in [2.45, 2.75) is 235 Å². The van der Waals surface area contributed by atoms with Crippen LogP contribution in [0.25, 0.3) is 0 Å². The van der Waals surface area contributed by atoms with Crippen LogP contribution in [0.5, 0.6) is 0 Å². The second-order valence-electron chi connectivity index (χ2n) is 25.3. The molecule has 5 saturated heterocycles. The van der Waals surface area contributed by atoms with Gasteiger partial charge in [-0.1, -0.05) is 57.1 Å². The summed E-state index contributed by atoms with van der Waals surface area (Å²) in [6.07, 6.45) is -21.5. The van der Waals surface area contributed by atoms with Crippen LogP contribution in [0.15, 0.2) is 35.5 Å². The van der Waals surface area contributed by atoms with Crippen LogP contribution in [-0.4, -0.2) is 232 Å². The first-order valence-electron chi connectivity index (χ1n) is 28.1. The fourth-order valence-electron chi connectivity index (χ4n) is 15.9. The Bertz CT molecular complexity index is 2570. The standard InChI is InChI=1S/C55H84O26S.Na/c1-24(2)12-11-17-53(9)55(66)34(74-26(4)57)20-52(8)28-13-14-32-50(5,6)33(16-18-51(32,7)27(28)15-19-54(52,55)49(65)80-53)76-48-44(36(60)31(23-72-48)81-82(67,68)69)79-46-38(62)37(61)41(25(3)73-46)77-45-39(63)42(29(58)22-71-45)78-47-40(64)43(70-10)35(59)30(21-56)75-47;/h11-13,17,25,27,29-48,56,58-64,66H,14-16,18-23H2,1-10H3,(H,67,68,69);/q;+1/p-1/b17-11+;/t25-,27+,29-,30-,31-,32+,33+,34+,35-,36+,37-,38-,39-,40-,41-,42+,43+,44-,45+,46+,47+,48+,51-,52+,53+,54-,55+;/m1./s1. The van der Waals surface area contributed by atoms with Crippen LogP contribution in [0.3, 0.4) is 0 Å². The summed E-state index contributed by atoms with van der Waals surface area (Å²) in [6, 6.07) is 0. The number of carbonyl (C=O) groups is 2. The summed E-state index contributed by atoms with van der Waals surface area (Å²) < 4.78 is 106. The van der Waals surface area contributed by atoms with Crippen LogP contribution in [0.2, 0.25) is 0 Å². The van der Waals surface area contributed by atoms with Gasteiger partial charge in [0.15, 0.2) is 36.4 Å². The number of ether oxygens (including phenoxy) is 11. The summed E-state index contributed by atoms with van der Waals surface area (Å²) in [7, 11) is -4.23. The van der Waals surface area contributed by atoms with Gasteiger partial charge in [0.05, 0.1) is 32.0 Å². The molecule has 0 bridgehead atoms. The molecule has 5 aliphatic heterocycles. The first-order chi connectivity index (χ1) is 38.2. The topological polar surface area (TPSA) is 384 Å². The molecule has 4 aliphatic carbocycles. The number of methoxy groups -OCH3 is 1. The van der Waals surface area contributed by atoms with Gasteiger partial charge >= 0.3 is 41.5 Å². The zero-order valence-corrected chi connectivity index (χ0v) is 51.6. The van der Waals surface area contributed by atoms with E-state index >= 15 is 0 Å². The number of esters is 2. The molecule has 9 aliphatic rings. The molecule has 83 heavy (non-hydrogen) atoms. The number of carbonyl (C=O) groups excluding carboxylic acids is 2. The molecule has 9 rings (SSSR count). The third-order valence-electron chi connectivity index (χ3n) is 20.0. The van der Waals surface area contributed by atoms with E-state index in [9.17, 15) is 68.5 Å². The van der Waals surface area contributed by atoms with Gasteiger partial charge in [0.25, 0.3) is 0 Å². The van der Waals surface area contributed by atoms with Crippen LogP contribution < -0.4 is 29.6 Å². The maximum absolute atomic E-state index is 14.7. The summed E-state index contributed by atoms with van der Waals surface area (Å²) in [5, 5.41) is 102. The van der Waals surface area contributed by atoms with E-state index in [1.807, 2.05) is 40.7 Å². The van der Waals surface area contributed by atoms with E-state index in [-0.39, 0.29) is 54.2 Å². The summed E-state index contributed by atoms with van der Waals surface area (Å²) >= 11 is 0. The number of fused-ring (bicyclic) bond motifs is 4. The van der Waals surface area contributed by atoms with Crippen molar-refractivity contribution in [1.82, 2.24) is 0 Å². The Labute approximate surface area is 504 Å². The Kier molecular flexibility index (Phi) is 19.9. The number of aliphatic hydroxyl groups is 9. The Morgan fingerprint density at radius 1 is 0.783 bits per heavy atom. The molecule has 3 saturated carbocycles. The molecule has 0 aromatic rings. The van der Waals surface area contributed by atoms with Crippen molar-refractivity contribution in [1.29, 1.82) is 0 Å². The van der Waals surface area contributed by atoms with Crippen LogP contribution in [0.1, 0.15) is 101 Å². The number of hydrogen-bond donors (Lipinski definition) is 9. The third-order valence-corrected chi connectivity index (χ3v) is 20.5. The molecule has 27 atom stereocenters. The van der Waals surface area contributed by atoms with Crippen molar-refractivity contribution in [3.63, 3.8) is 0 Å². The molecule has 0 amide bonds. The van der Waals surface area contributed by atoms with Gasteiger partial charge in [-0.25, -0.2) is 8.42 Å². The summed E-state index contributed by atoms with van der Waals surface area (Å²) in [5.41, 5.74) is -5.10. The summed E-state index contributed by atoms with van der Waals surface area (Å²) in [6.45, 7) is 14.6. The van der Waals surface area contributed by atoms with Crippen molar-refractivity contribution in [3.05, 3.63) is 35.5 Å². The Hall–Kier alpha value is -1.69. The number of aliphatic hydroxyl groups excluding tert-OH is 8. The van der Waals surface area contributed by atoms with Gasteiger partial charge in [-0.05, 0) is 95.0 Å². The van der Waals surface area contributed by atoms with Gasteiger partial charge in [-0.2, -0.15) is 0 Å². The predicted octanol–water partition coefficient (Wildman–Crippen LogP) is -3.83. The van der Waals surface area contributed by atoms with E-state index in [0.717, 1.165) is 11.1 Å². The van der Waals surface area contributed by atoms with Crippen molar-refractivity contribution in [2.24, 2.45) is 33.5 Å². The maximum atomic E-state index is 14.7. The molecule has 0 aromatic carbocycles. The monoisotopic (exact) mass is 1210 g/mol. The maximum Gasteiger partial charge on any atom is 1.00 e. The number of rotatable bonds is 15. The van der Waals surface area contributed by atoms with Crippen molar-refractivity contribution in [3.8, 4) is 0 Å². The summed E-state index contributed by atoms with van der Waals surface area (Å²) in [4.78, 5) is 27.4. The summed E-state index contributed by atoms with van der Waals surface area (Å²) in [5.74, 6) is -1.36. The van der Waals surface area contributed by atoms with Crippen molar-refractivity contribution >= 4 is 22.3 Å². The van der Waals surface area contributed by atoms with Gasteiger partial charge < -0.3 is 103 Å². The minimum absolute atomic E-state index is 0. The first kappa shape index (κ1) is 67.2.